The van der Waals surface area contributed by atoms with Crippen molar-refractivity contribution in [2.24, 2.45) is 11.5 Å². The average molecular weight is 426 g/mol. The molecule has 2 heterocycles. The maximum atomic E-state index is 12.0. The number of primary amides is 2. The molecule has 11 nitrogen and oxygen atoms in total. The van der Waals surface area contributed by atoms with Crippen molar-refractivity contribution < 1.29 is 14.4 Å². The molecule has 6 N–H and O–H groups in total. The first-order valence-electron chi connectivity index (χ1n) is 9.83. The Hall–Kier alpha value is -3.89. The van der Waals surface area contributed by atoms with Crippen molar-refractivity contribution in [1.82, 2.24) is 14.9 Å². The van der Waals surface area contributed by atoms with Crippen molar-refractivity contribution in [3.8, 4) is 0 Å². The molecule has 0 radical (unpaired) electrons. The Kier molecular flexibility index (Phi) is 6.53. The lowest BCUT2D eigenvalue weighted by atomic mass is 10.0. The van der Waals surface area contributed by atoms with Gasteiger partial charge in [-0.1, -0.05) is 6.07 Å². The zero-order valence-corrected chi connectivity index (χ0v) is 17.5. The molecule has 164 valence electrons. The molecular formula is C20H26N8O3. The summed E-state index contributed by atoms with van der Waals surface area (Å²) in [6, 6.07) is 6.52. The van der Waals surface area contributed by atoms with Crippen LogP contribution in [0.5, 0.6) is 0 Å². The monoisotopic (exact) mass is 426 g/mol. The molecule has 1 saturated heterocycles. The Morgan fingerprint density at radius 1 is 1.23 bits per heavy atom. The summed E-state index contributed by atoms with van der Waals surface area (Å²) in [7, 11) is 1.80. The Morgan fingerprint density at radius 3 is 2.65 bits per heavy atom. The number of anilines is 4. The molecule has 0 aliphatic carbocycles. The SMILES string of the molecule is CC(=O)Nc1cccc(Nc2ncc(C(N)=O)c(N(C)C3CCCN(C(N)=O)C3)n2)c1. The first-order chi connectivity index (χ1) is 14.7. The van der Waals surface area contributed by atoms with Gasteiger partial charge in [0, 0.05) is 50.7 Å². The van der Waals surface area contributed by atoms with Gasteiger partial charge in [0.05, 0.1) is 0 Å². The van der Waals surface area contributed by atoms with E-state index in [0.717, 1.165) is 12.8 Å². The van der Waals surface area contributed by atoms with Crippen LogP contribution in [0.2, 0.25) is 0 Å². The number of likely N-dealkylation sites (N-methyl/N-ethyl adjacent to an activating group) is 1. The number of nitrogens with one attached hydrogen (secondary N) is 2. The second kappa shape index (κ2) is 9.28. The van der Waals surface area contributed by atoms with E-state index >= 15 is 0 Å². The van der Waals surface area contributed by atoms with Gasteiger partial charge in [-0.2, -0.15) is 4.98 Å². The molecular weight excluding hydrogens is 400 g/mol. The summed E-state index contributed by atoms with van der Waals surface area (Å²) in [5, 5.41) is 5.78. The summed E-state index contributed by atoms with van der Waals surface area (Å²) in [4.78, 5) is 46.9. The van der Waals surface area contributed by atoms with Crippen molar-refractivity contribution >= 4 is 41.0 Å². The third-order valence-electron chi connectivity index (χ3n) is 5.06. The zero-order valence-electron chi connectivity index (χ0n) is 17.5. The van der Waals surface area contributed by atoms with Gasteiger partial charge in [0.15, 0.2) is 0 Å². The number of piperidine rings is 1. The van der Waals surface area contributed by atoms with Crippen LogP contribution in [0.1, 0.15) is 30.1 Å². The van der Waals surface area contributed by atoms with Gasteiger partial charge < -0.3 is 31.9 Å². The molecule has 31 heavy (non-hydrogen) atoms. The fraction of sp³-hybridized carbons (Fsp3) is 0.350. The van der Waals surface area contributed by atoms with Crippen LogP contribution in [-0.4, -0.2) is 58.9 Å². The van der Waals surface area contributed by atoms with E-state index in [1.807, 2.05) is 4.90 Å². The van der Waals surface area contributed by atoms with E-state index < -0.39 is 11.9 Å². The molecule has 3 rings (SSSR count). The second-order valence-electron chi connectivity index (χ2n) is 7.37. The van der Waals surface area contributed by atoms with Crippen molar-refractivity contribution in [3.05, 3.63) is 36.0 Å². The minimum absolute atomic E-state index is 0.0785. The lowest BCUT2D eigenvalue weighted by Gasteiger charge is -2.37. The highest BCUT2D eigenvalue weighted by Gasteiger charge is 2.28. The maximum Gasteiger partial charge on any atom is 0.314 e. The van der Waals surface area contributed by atoms with Gasteiger partial charge in [0.2, 0.25) is 11.9 Å². The molecule has 1 aromatic carbocycles. The van der Waals surface area contributed by atoms with Crippen LogP contribution in [0.4, 0.5) is 27.9 Å². The first-order valence-corrected chi connectivity index (χ1v) is 9.83. The molecule has 1 atom stereocenters. The number of benzene rings is 1. The summed E-state index contributed by atoms with van der Waals surface area (Å²) >= 11 is 0. The van der Waals surface area contributed by atoms with E-state index in [-0.39, 0.29) is 23.5 Å². The predicted molar refractivity (Wildman–Crippen MR) is 117 cm³/mol. The lowest BCUT2D eigenvalue weighted by Crippen LogP contribution is -2.50. The van der Waals surface area contributed by atoms with Crippen molar-refractivity contribution in [2.45, 2.75) is 25.8 Å². The lowest BCUT2D eigenvalue weighted by molar-refractivity contribution is -0.114. The number of likely N-dealkylation sites (tertiary alicyclic amines) is 1. The van der Waals surface area contributed by atoms with E-state index in [1.165, 1.54) is 13.1 Å². The number of amides is 4. The molecule has 11 heteroatoms. The van der Waals surface area contributed by atoms with Gasteiger partial charge in [-0.05, 0) is 31.0 Å². The van der Waals surface area contributed by atoms with Crippen molar-refractivity contribution in [3.63, 3.8) is 0 Å². The van der Waals surface area contributed by atoms with Crippen LogP contribution in [-0.2, 0) is 4.79 Å². The third-order valence-corrected chi connectivity index (χ3v) is 5.06. The van der Waals surface area contributed by atoms with Crippen LogP contribution < -0.4 is 27.0 Å². The van der Waals surface area contributed by atoms with Crippen molar-refractivity contribution in [2.75, 3.05) is 35.7 Å². The summed E-state index contributed by atoms with van der Waals surface area (Å²) in [6.07, 6.45) is 2.97. The highest BCUT2D eigenvalue weighted by molar-refractivity contribution is 5.97. The standard InChI is InChI=1S/C20H26N8O3/c1-12(29)24-13-5-3-6-14(9-13)25-20-23-10-16(17(21)30)18(26-20)27(2)15-7-4-8-28(11-15)19(22)31/h3,5-6,9-10,15H,4,7-8,11H2,1-2H3,(H2,21,30)(H2,22,31)(H,24,29)(H,23,25,26). The number of carbonyl (C=O) groups is 3. The van der Waals surface area contributed by atoms with Gasteiger partial charge in [0.25, 0.3) is 5.91 Å². The van der Waals surface area contributed by atoms with Crippen LogP contribution in [0.15, 0.2) is 30.5 Å². The molecule has 1 aromatic heterocycles. The molecule has 0 bridgehead atoms. The van der Waals surface area contributed by atoms with E-state index in [0.29, 0.717) is 30.3 Å². The van der Waals surface area contributed by atoms with Crippen LogP contribution >= 0.6 is 0 Å². The predicted octanol–water partition coefficient (Wildman–Crippen LogP) is 1.26. The third kappa shape index (κ3) is 5.38. The average Bonchev–Trinajstić information content (AvgIpc) is 2.73. The van der Waals surface area contributed by atoms with E-state index in [2.05, 4.69) is 20.6 Å². The minimum atomic E-state index is -0.649. The fourth-order valence-electron chi connectivity index (χ4n) is 3.53. The minimum Gasteiger partial charge on any atom is -0.365 e. The molecule has 1 unspecified atom stereocenters. The molecule has 1 fully saturated rings. The topological polar surface area (TPSA) is 160 Å². The number of nitrogens with two attached hydrogens (primary N) is 2. The summed E-state index contributed by atoms with van der Waals surface area (Å²) in [6.45, 7) is 2.46. The fourth-order valence-corrected chi connectivity index (χ4v) is 3.53. The number of carbonyl (C=O) groups excluding carboxylic acids is 3. The normalized spacial score (nSPS) is 15.8. The van der Waals surface area contributed by atoms with Gasteiger partial charge in [-0.25, -0.2) is 9.78 Å². The number of aromatic nitrogens is 2. The summed E-state index contributed by atoms with van der Waals surface area (Å²) < 4.78 is 0. The summed E-state index contributed by atoms with van der Waals surface area (Å²) in [5.41, 5.74) is 12.4. The molecule has 0 saturated carbocycles. The molecule has 4 amide bonds. The molecule has 0 spiro atoms. The van der Waals surface area contributed by atoms with Gasteiger partial charge in [-0.15, -0.1) is 0 Å². The van der Waals surface area contributed by atoms with Crippen molar-refractivity contribution in [1.29, 1.82) is 0 Å². The maximum absolute atomic E-state index is 12.0. The first kappa shape index (κ1) is 21.8. The van der Waals surface area contributed by atoms with Crippen LogP contribution in [0.3, 0.4) is 0 Å². The van der Waals surface area contributed by atoms with Gasteiger partial charge in [0.1, 0.15) is 11.4 Å². The molecule has 2 aromatic rings. The Balaban J connectivity index is 1.86. The van der Waals surface area contributed by atoms with E-state index in [1.54, 1.807) is 36.2 Å². The smallest absolute Gasteiger partial charge is 0.314 e. The number of hydrogen-bond donors (Lipinski definition) is 4. The quantitative estimate of drug-likeness (QED) is 0.541. The summed E-state index contributed by atoms with van der Waals surface area (Å²) in [5.74, 6) is -0.210. The number of rotatable bonds is 6. The number of urea groups is 1. The van der Waals surface area contributed by atoms with E-state index in [4.69, 9.17) is 11.5 Å². The highest BCUT2D eigenvalue weighted by Crippen LogP contribution is 2.25. The number of hydrogen-bond acceptors (Lipinski definition) is 7. The van der Waals surface area contributed by atoms with Gasteiger partial charge in [-0.3, -0.25) is 9.59 Å². The largest absolute Gasteiger partial charge is 0.365 e. The van der Waals surface area contributed by atoms with Gasteiger partial charge >= 0.3 is 6.03 Å². The van der Waals surface area contributed by atoms with Crippen LogP contribution in [0, 0.1) is 0 Å². The Morgan fingerprint density at radius 2 is 1.97 bits per heavy atom. The second-order valence-corrected chi connectivity index (χ2v) is 7.37. The molecule has 1 aliphatic heterocycles. The van der Waals surface area contributed by atoms with E-state index in [9.17, 15) is 14.4 Å². The number of nitrogens with zero attached hydrogens (tertiary/aromatic N) is 4. The molecule has 1 aliphatic rings. The highest BCUT2D eigenvalue weighted by atomic mass is 16.2. The Bertz CT molecular complexity index is 996. The Labute approximate surface area is 179 Å². The zero-order chi connectivity index (χ0) is 22.5. The van der Waals surface area contributed by atoms with Crippen LogP contribution in [0.25, 0.3) is 0 Å².